The van der Waals surface area contributed by atoms with Crippen LogP contribution in [0.2, 0.25) is 0 Å². The predicted molar refractivity (Wildman–Crippen MR) is 93.9 cm³/mol. The van der Waals surface area contributed by atoms with E-state index in [0.29, 0.717) is 24.9 Å². The van der Waals surface area contributed by atoms with E-state index >= 15 is 0 Å². The molecule has 0 unspecified atom stereocenters. The van der Waals surface area contributed by atoms with Crippen molar-refractivity contribution in [2.45, 2.75) is 64.6 Å². The van der Waals surface area contributed by atoms with Gasteiger partial charge in [-0.1, -0.05) is 33.1 Å². The standard InChI is InChI=1S/C20H31FO3/c1-15(2)13-20(24-17-7-5-4-6-8-17)18-14-16(21)9-10-19(18)23-12-11-22-3/h9-10,14-15,17,20H,4-8,11-13H2,1-3H3/t20-/m0/s1. The lowest BCUT2D eigenvalue weighted by Gasteiger charge is -2.30. The molecule has 1 saturated carbocycles. The molecule has 0 bridgehead atoms. The lowest BCUT2D eigenvalue weighted by molar-refractivity contribution is -0.0415. The minimum absolute atomic E-state index is 0.124. The van der Waals surface area contributed by atoms with Gasteiger partial charge in [-0.15, -0.1) is 0 Å². The van der Waals surface area contributed by atoms with Gasteiger partial charge in [0.1, 0.15) is 18.2 Å². The number of rotatable bonds is 9. The largest absolute Gasteiger partial charge is 0.491 e. The number of benzene rings is 1. The molecule has 0 aromatic heterocycles. The van der Waals surface area contributed by atoms with E-state index < -0.39 is 0 Å². The van der Waals surface area contributed by atoms with Crippen molar-refractivity contribution in [2.75, 3.05) is 20.3 Å². The quantitative estimate of drug-likeness (QED) is 0.573. The van der Waals surface area contributed by atoms with Crippen LogP contribution in [0.4, 0.5) is 4.39 Å². The van der Waals surface area contributed by atoms with Crippen molar-refractivity contribution in [2.24, 2.45) is 5.92 Å². The van der Waals surface area contributed by atoms with Crippen LogP contribution in [0.5, 0.6) is 5.75 Å². The first-order valence-electron chi connectivity index (χ1n) is 9.16. The topological polar surface area (TPSA) is 27.7 Å². The van der Waals surface area contributed by atoms with Crippen LogP contribution in [0.15, 0.2) is 18.2 Å². The number of methoxy groups -OCH3 is 1. The third kappa shape index (κ3) is 6.06. The van der Waals surface area contributed by atoms with Gasteiger partial charge in [0.2, 0.25) is 0 Å². The van der Waals surface area contributed by atoms with Crippen LogP contribution >= 0.6 is 0 Å². The first kappa shape index (κ1) is 19.2. The minimum Gasteiger partial charge on any atom is -0.491 e. The summed E-state index contributed by atoms with van der Waals surface area (Å²) in [5, 5.41) is 0. The van der Waals surface area contributed by atoms with Crippen LogP contribution in [-0.2, 0) is 9.47 Å². The Balaban J connectivity index is 2.17. The molecule has 0 radical (unpaired) electrons. The van der Waals surface area contributed by atoms with E-state index in [1.807, 2.05) is 0 Å². The maximum absolute atomic E-state index is 13.9. The molecule has 4 heteroatoms. The van der Waals surface area contributed by atoms with Crippen LogP contribution < -0.4 is 4.74 Å². The van der Waals surface area contributed by atoms with Gasteiger partial charge in [0.15, 0.2) is 0 Å². The molecule has 0 spiro atoms. The van der Waals surface area contributed by atoms with Crippen molar-refractivity contribution in [1.29, 1.82) is 0 Å². The smallest absolute Gasteiger partial charge is 0.125 e. The molecule has 0 heterocycles. The number of halogens is 1. The van der Waals surface area contributed by atoms with Gasteiger partial charge in [0.25, 0.3) is 0 Å². The molecule has 136 valence electrons. The average Bonchev–Trinajstić information content (AvgIpc) is 2.56. The van der Waals surface area contributed by atoms with E-state index in [4.69, 9.17) is 14.2 Å². The lowest BCUT2D eigenvalue weighted by Crippen LogP contribution is -2.21. The van der Waals surface area contributed by atoms with Crippen molar-refractivity contribution in [3.8, 4) is 5.75 Å². The van der Waals surface area contributed by atoms with E-state index in [9.17, 15) is 4.39 Å². The SMILES string of the molecule is COCCOc1ccc(F)cc1[C@H](CC(C)C)OC1CCCCC1. The van der Waals surface area contributed by atoms with E-state index in [1.165, 1.54) is 25.3 Å². The van der Waals surface area contributed by atoms with Gasteiger partial charge in [-0.25, -0.2) is 4.39 Å². The van der Waals surface area contributed by atoms with Crippen LogP contribution in [0.1, 0.15) is 64.0 Å². The Morgan fingerprint density at radius 1 is 1.12 bits per heavy atom. The van der Waals surface area contributed by atoms with Gasteiger partial charge >= 0.3 is 0 Å². The molecule has 1 aliphatic rings. The fourth-order valence-corrected chi connectivity index (χ4v) is 3.25. The highest BCUT2D eigenvalue weighted by Gasteiger charge is 2.24. The van der Waals surface area contributed by atoms with Gasteiger partial charge in [-0.05, 0) is 43.4 Å². The lowest BCUT2D eigenvalue weighted by atomic mass is 9.95. The highest BCUT2D eigenvalue weighted by molar-refractivity contribution is 5.36. The molecule has 0 N–H and O–H groups in total. The third-order valence-electron chi connectivity index (χ3n) is 4.46. The summed E-state index contributed by atoms with van der Waals surface area (Å²) in [6.45, 7) is 5.30. The van der Waals surface area contributed by atoms with Crippen molar-refractivity contribution >= 4 is 0 Å². The minimum atomic E-state index is -0.245. The summed E-state index contributed by atoms with van der Waals surface area (Å²) in [5.41, 5.74) is 0.824. The van der Waals surface area contributed by atoms with Gasteiger partial charge in [0.05, 0.1) is 18.8 Å². The number of hydrogen-bond acceptors (Lipinski definition) is 3. The van der Waals surface area contributed by atoms with Gasteiger partial charge in [-0.3, -0.25) is 0 Å². The Morgan fingerprint density at radius 2 is 1.88 bits per heavy atom. The summed E-state index contributed by atoms with van der Waals surface area (Å²) < 4.78 is 31.1. The van der Waals surface area contributed by atoms with Gasteiger partial charge in [0, 0.05) is 12.7 Å². The second-order valence-corrected chi connectivity index (χ2v) is 7.04. The Labute approximate surface area is 145 Å². The second kappa shape index (κ2) is 10.00. The highest BCUT2D eigenvalue weighted by Crippen LogP contribution is 2.36. The van der Waals surface area contributed by atoms with Gasteiger partial charge < -0.3 is 14.2 Å². The Kier molecular flexibility index (Phi) is 8.00. The third-order valence-corrected chi connectivity index (χ3v) is 4.46. The molecule has 0 amide bonds. The molecule has 2 rings (SSSR count). The Morgan fingerprint density at radius 3 is 2.54 bits per heavy atom. The number of hydrogen-bond donors (Lipinski definition) is 0. The summed E-state index contributed by atoms with van der Waals surface area (Å²) in [7, 11) is 1.64. The Bertz CT molecular complexity index is 484. The van der Waals surface area contributed by atoms with E-state index in [2.05, 4.69) is 13.8 Å². The van der Waals surface area contributed by atoms with Gasteiger partial charge in [-0.2, -0.15) is 0 Å². The van der Waals surface area contributed by atoms with E-state index in [1.54, 1.807) is 19.2 Å². The van der Waals surface area contributed by atoms with Crippen molar-refractivity contribution in [3.63, 3.8) is 0 Å². The van der Waals surface area contributed by atoms with E-state index in [-0.39, 0.29) is 18.0 Å². The van der Waals surface area contributed by atoms with Crippen molar-refractivity contribution in [1.82, 2.24) is 0 Å². The molecule has 1 aromatic rings. The maximum Gasteiger partial charge on any atom is 0.125 e. The van der Waals surface area contributed by atoms with Crippen LogP contribution in [0, 0.1) is 11.7 Å². The first-order valence-corrected chi connectivity index (χ1v) is 9.16. The summed E-state index contributed by atoms with van der Waals surface area (Å²) in [6.07, 6.45) is 6.95. The molecule has 1 aliphatic carbocycles. The molecule has 0 aliphatic heterocycles. The zero-order valence-corrected chi connectivity index (χ0v) is 15.2. The number of ether oxygens (including phenoxy) is 3. The zero-order chi connectivity index (χ0) is 17.4. The van der Waals surface area contributed by atoms with Crippen molar-refractivity contribution in [3.05, 3.63) is 29.6 Å². The van der Waals surface area contributed by atoms with Crippen LogP contribution in [0.3, 0.4) is 0 Å². The summed E-state index contributed by atoms with van der Waals surface area (Å²) in [4.78, 5) is 0. The molecular weight excluding hydrogens is 307 g/mol. The molecular formula is C20H31FO3. The monoisotopic (exact) mass is 338 g/mol. The fraction of sp³-hybridized carbons (Fsp3) is 0.700. The molecule has 24 heavy (non-hydrogen) atoms. The zero-order valence-electron chi connectivity index (χ0n) is 15.2. The first-order chi connectivity index (χ1) is 11.6. The molecule has 0 saturated heterocycles. The summed E-state index contributed by atoms with van der Waals surface area (Å²) in [6, 6.07) is 4.72. The molecule has 1 atom stereocenters. The average molecular weight is 338 g/mol. The fourth-order valence-electron chi connectivity index (χ4n) is 3.25. The second-order valence-electron chi connectivity index (χ2n) is 7.04. The normalized spacial score (nSPS) is 17.2. The molecule has 1 fully saturated rings. The van der Waals surface area contributed by atoms with E-state index in [0.717, 1.165) is 24.8 Å². The summed E-state index contributed by atoms with van der Waals surface area (Å²) in [5.74, 6) is 0.925. The highest BCUT2D eigenvalue weighted by atomic mass is 19.1. The predicted octanol–water partition coefficient (Wildman–Crippen LogP) is 5.29. The molecule has 1 aromatic carbocycles. The Hall–Kier alpha value is -1.13. The maximum atomic E-state index is 13.9. The molecule has 3 nitrogen and oxygen atoms in total. The van der Waals surface area contributed by atoms with Crippen LogP contribution in [0.25, 0.3) is 0 Å². The van der Waals surface area contributed by atoms with Crippen molar-refractivity contribution < 1.29 is 18.6 Å². The van der Waals surface area contributed by atoms with Crippen LogP contribution in [-0.4, -0.2) is 26.4 Å². The summed E-state index contributed by atoms with van der Waals surface area (Å²) >= 11 is 0.